The lowest BCUT2D eigenvalue weighted by Crippen LogP contribution is -2.45. The molecule has 3 nitrogen and oxygen atoms in total. The Kier molecular flexibility index (Phi) is 5.00. The monoisotopic (exact) mass is 282 g/mol. The van der Waals surface area contributed by atoms with Gasteiger partial charge in [-0.25, -0.2) is 0 Å². The van der Waals surface area contributed by atoms with Crippen molar-refractivity contribution in [1.29, 1.82) is 0 Å². The Morgan fingerprint density at radius 3 is 2.60 bits per heavy atom. The molecule has 2 saturated heterocycles. The third-order valence-corrected chi connectivity index (χ3v) is 5.62. The van der Waals surface area contributed by atoms with Gasteiger partial charge in [-0.15, -0.1) is 0 Å². The second kappa shape index (κ2) is 6.76. The third kappa shape index (κ3) is 3.55. The molecule has 20 heavy (non-hydrogen) atoms. The van der Waals surface area contributed by atoms with Crippen molar-refractivity contribution in [2.45, 2.75) is 88.4 Å². The molecule has 2 heterocycles. The minimum absolute atomic E-state index is 0.107. The summed E-state index contributed by atoms with van der Waals surface area (Å²) in [6.45, 7) is 1.72. The molecule has 0 aromatic heterocycles. The summed E-state index contributed by atoms with van der Waals surface area (Å²) in [5.74, 6) is 0.423. The van der Waals surface area contributed by atoms with E-state index in [1.54, 1.807) is 0 Å². The standard InChI is InChI=1S/C17H30O3/c18-16(12-15-6-2-5-10-19-15)14-7-11-20-17(13-14)8-3-1-4-9-17/h14-16,18H,1-13H2. The molecule has 3 aliphatic rings. The maximum Gasteiger partial charge on any atom is 0.0686 e. The summed E-state index contributed by atoms with van der Waals surface area (Å²) in [4.78, 5) is 0. The van der Waals surface area contributed by atoms with Gasteiger partial charge in [-0.2, -0.15) is 0 Å². The van der Waals surface area contributed by atoms with Gasteiger partial charge in [-0.1, -0.05) is 19.3 Å². The van der Waals surface area contributed by atoms with Gasteiger partial charge in [0.1, 0.15) is 0 Å². The highest BCUT2D eigenvalue weighted by Gasteiger charge is 2.40. The number of aliphatic hydroxyl groups is 1. The number of ether oxygens (including phenoxy) is 2. The SMILES string of the molecule is OC(CC1CCCCO1)C1CCOC2(CCCCC2)C1. The Morgan fingerprint density at radius 2 is 1.85 bits per heavy atom. The van der Waals surface area contributed by atoms with E-state index in [4.69, 9.17) is 9.47 Å². The normalized spacial score (nSPS) is 35.9. The topological polar surface area (TPSA) is 38.7 Å². The van der Waals surface area contributed by atoms with Crippen LogP contribution in [0.2, 0.25) is 0 Å². The molecule has 0 amide bonds. The van der Waals surface area contributed by atoms with E-state index in [9.17, 15) is 5.11 Å². The molecule has 0 bridgehead atoms. The fourth-order valence-corrected chi connectivity index (χ4v) is 4.39. The van der Waals surface area contributed by atoms with Crippen LogP contribution in [0.15, 0.2) is 0 Å². The van der Waals surface area contributed by atoms with Crippen molar-refractivity contribution in [3.8, 4) is 0 Å². The van der Waals surface area contributed by atoms with Crippen LogP contribution >= 0.6 is 0 Å². The molecule has 1 N–H and O–H groups in total. The molecule has 0 aromatic carbocycles. The van der Waals surface area contributed by atoms with Gasteiger partial charge in [0.2, 0.25) is 0 Å². The first-order valence-electron chi connectivity index (χ1n) is 8.71. The van der Waals surface area contributed by atoms with Crippen molar-refractivity contribution in [3.05, 3.63) is 0 Å². The van der Waals surface area contributed by atoms with Gasteiger partial charge >= 0.3 is 0 Å². The first-order valence-corrected chi connectivity index (χ1v) is 8.71. The van der Waals surface area contributed by atoms with E-state index in [0.717, 1.165) is 38.9 Å². The largest absolute Gasteiger partial charge is 0.393 e. The average Bonchev–Trinajstić information content (AvgIpc) is 2.49. The maximum atomic E-state index is 10.6. The van der Waals surface area contributed by atoms with Gasteiger partial charge in [-0.3, -0.25) is 0 Å². The zero-order chi connectivity index (χ0) is 13.8. The lowest BCUT2D eigenvalue weighted by Gasteiger charge is -2.45. The van der Waals surface area contributed by atoms with E-state index in [1.807, 2.05) is 0 Å². The molecule has 3 fully saturated rings. The van der Waals surface area contributed by atoms with Crippen molar-refractivity contribution < 1.29 is 14.6 Å². The van der Waals surface area contributed by atoms with Crippen molar-refractivity contribution in [3.63, 3.8) is 0 Å². The first kappa shape index (κ1) is 14.8. The van der Waals surface area contributed by atoms with Gasteiger partial charge in [0, 0.05) is 13.2 Å². The number of hydrogen-bond acceptors (Lipinski definition) is 3. The van der Waals surface area contributed by atoms with E-state index >= 15 is 0 Å². The van der Waals surface area contributed by atoms with Crippen LogP contribution in [0.4, 0.5) is 0 Å². The predicted molar refractivity (Wildman–Crippen MR) is 78.7 cm³/mol. The smallest absolute Gasteiger partial charge is 0.0686 e. The van der Waals surface area contributed by atoms with E-state index in [2.05, 4.69) is 0 Å². The highest BCUT2D eigenvalue weighted by molar-refractivity contribution is 4.92. The zero-order valence-corrected chi connectivity index (χ0v) is 12.7. The Labute approximate surface area is 123 Å². The Balaban J connectivity index is 1.52. The van der Waals surface area contributed by atoms with Crippen LogP contribution in [-0.4, -0.2) is 36.1 Å². The Hall–Kier alpha value is -0.120. The Morgan fingerprint density at radius 1 is 1.00 bits per heavy atom. The van der Waals surface area contributed by atoms with E-state index in [1.165, 1.54) is 44.9 Å². The van der Waals surface area contributed by atoms with E-state index < -0.39 is 0 Å². The summed E-state index contributed by atoms with van der Waals surface area (Å²) in [5, 5.41) is 10.6. The molecule has 116 valence electrons. The minimum Gasteiger partial charge on any atom is -0.393 e. The zero-order valence-electron chi connectivity index (χ0n) is 12.7. The summed E-state index contributed by atoms with van der Waals surface area (Å²) in [5.41, 5.74) is 0.107. The van der Waals surface area contributed by atoms with E-state index in [0.29, 0.717) is 12.0 Å². The molecule has 1 aliphatic carbocycles. The van der Waals surface area contributed by atoms with Crippen molar-refractivity contribution in [2.75, 3.05) is 13.2 Å². The molecular weight excluding hydrogens is 252 g/mol. The lowest BCUT2D eigenvalue weighted by atomic mass is 9.74. The van der Waals surface area contributed by atoms with Gasteiger partial charge in [0.25, 0.3) is 0 Å². The second-order valence-corrected chi connectivity index (χ2v) is 7.14. The fourth-order valence-electron chi connectivity index (χ4n) is 4.39. The quantitative estimate of drug-likeness (QED) is 0.862. The average molecular weight is 282 g/mol. The summed E-state index contributed by atoms with van der Waals surface area (Å²) in [7, 11) is 0. The lowest BCUT2D eigenvalue weighted by molar-refractivity contribution is -0.138. The van der Waals surface area contributed by atoms with Gasteiger partial charge < -0.3 is 14.6 Å². The molecule has 3 heteroatoms. The van der Waals surface area contributed by atoms with Crippen LogP contribution in [0.25, 0.3) is 0 Å². The second-order valence-electron chi connectivity index (χ2n) is 7.14. The molecular formula is C17H30O3. The molecule has 0 aromatic rings. The molecule has 3 atom stereocenters. The van der Waals surface area contributed by atoms with Crippen LogP contribution in [0.1, 0.15) is 70.6 Å². The van der Waals surface area contributed by atoms with Crippen molar-refractivity contribution in [1.82, 2.24) is 0 Å². The summed E-state index contributed by atoms with van der Waals surface area (Å²) >= 11 is 0. The highest BCUT2D eigenvalue weighted by atomic mass is 16.5. The first-order chi connectivity index (χ1) is 9.77. The molecule has 3 rings (SSSR count). The number of aliphatic hydroxyl groups excluding tert-OH is 1. The molecule has 0 radical (unpaired) electrons. The maximum absolute atomic E-state index is 10.6. The van der Waals surface area contributed by atoms with Crippen LogP contribution in [0.5, 0.6) is 0 Å². The van der Waals surface area contributed by atoms with Crippen molar-refractivity contribution >= 4 is 0 Å². The Bertz CT molecular complexity index is 287. The predicted octanol–water partition coefficient (Wildman–Crippen LogP) is 3.44. The summed E-state index contributed by atoms with van der Waals surface area (Å²) < 4.78 is 11.9. The van der Waals surface area contributed by atoms with Crippen molar-refractivity contribution in [2.24, 2.45) is 5.92 Å². The van der Waals surface area contributed by atoms with Gasteiger partial charge in [0.05, 0.1) is 17.8 Å². The third-order valence-electron chi connectivity index (χ3n) is 5.62. The van der Waals surface area contributed by atoms with Crippen LogP contribution < -0.4 is 0 Å². The minimum atomic E-state index is -0.194. The summed E-state index contributed by atoms with van der Waals surface area (Å²) in [6, 6.07) is 0. The van der Waals surface area contributed by atoms with Gasteiger partial charge in [-0.05, 0) is 57.3 Å². The molecule has 1 saturated carbocycles. The number of hydrogen-bond donors (Lipinski definition) is 1. The summed E-state index contributed by atoms with van der Waals surface area (Å²) in [6.07, 6.45) is 13.0. The fraction of sp³-hybridized carbons (Fsp3) is 1.00. The number of rotatable bonds is 3. The van der Waals surface area contributed by atoms with Gasteiger partial charge in [0.15, 0.2) is 0 Å². The van der Waals surface area contributed by atoms with Crippen LogP contribution in [-0.2, 0) is 9.47 Å². The van der Waals surface area contributed by atoms with E-state index in [-0.39, 0.29) is 11.7 Å². The molecule has 2 aliphatic heterocycles. The molecule has 3 unspecified atom stereocenters. The van der Waals surface area contributed by atoms with Crippen LogP contribution in [0, 0.1) is 5.92 Å². The highest BCUT2D eigenvalue weighted by Crippen LogP contribution is 2.42. The van der Waals surface area contributed by atoms with Crippen LogP contribution in [0.3, 0.4) is 0 Å². The molecule has 1 spiro atoms.